The van der Waals surface area contributed by atoms with Crippen LogP contribution in [0.1, 0.15) is 0 Å². The number of hydrogen-bond acceptors (Lipinski definition) is 5. The zero-order chi connectivity index (χ0) is 17.6. The second kappa shape index (κ2) is 8.43. The molecular formula is C19H24ClN3O2. The van der Waals surface area contributed by atoms with E-state index in [-0.39, 0.29) is 6.61 Å². The van der Waals surface area contributed by atoms with Crippen molar-refractivity contribution < 1.29 is 9.84 Å². The maximum atomic E-state index is 10.2. The Hall–Kier alpha value is -1.95. The van der Waals surface area contributed by atoms with Crippen LogP contribution in [-0.4, -0.2) is 55.4 Å². The number of ether oxygens (including phenoxy) is 1. The maximum Gasteiger partial charge on any atom is 0.142 e. The summed E-state index contributed by atoms with van der Waals surface area (Å²) in [6, 6.07) is 15.2. The molecule has 0 bridgehead atoms. The number of halogens is 1. The predicted molar refractivity (Wildman–Crippen MR) is 102 cm³/mol. The third kappa shape index (κ3) is 4.78. The fourth-order valence-corrected chi connectivity index (χ4v) is 3.28. The number of para-hydroxylation sites is 3. The van der Waals surface area contributed by atoms with Gasteiger partial charge in [0, 0.05) is 32.7 Å². The average Bonchev–Trinajstić information content (AvgIpc) is 2.62. The largest absolute Gasteiger partial charge is 0.489 e. The van der Waals surface area contributed by atoms with Crippen molar-refractivity contribution in [3.05, 3.63) is 53.6 Å². The highest BCUT2D eigenvalue weighted by Crippen LogP contribution is 2.26. The van der Waals surface area contributed by atoms with E-state index in [9.17, 15) is 5.11 Å². The Labute approximate surface area is 153 Å². The van der Waals surface area contributed by atoms with Gasteiger partial charge in [0.2, 0.25) is 0 Å². The molecule has 2 aromatic carbocycles. The van der Waals surface area contributed by atoms with Gasteiger partial charge in [-0.05, 0) is 24.3 Å². The van der Waals surface area contributed by atoms with Crippen molar-refractivity contribution in [2.45, 2.75) is 6.10 Å². The van der Waals surface area contributed by atoms with Gasteiger partial charge in [-0.15, -0.1) is 0 Å². The molecule has 0 aliphatic carbocycles. The predicted octanol–water partition coefficient (Wildman–Crippen LogP) is 2.48. The number of nitrogens with two attached hydrogens (primary N) is 1. The summed E-state index contributed by atoms with van der Waals surface area (Å²) < 4.78 is 5.62. The Morgan fingerprint density at radius 2 is 1.72 bits per heavy atom. The molecule has 25 heavy (non-hydrogen) atoms. The van der Waals surface area contributed by atoms with Crippen LogP contribution in [0.25, 0.3) is 0 Å². The number of nitrogens with zero attached hydrogens (tertiary/aromatic N) is 2. The van der Waals surface area contributed by atoms with E-state index >= 15 is 0 Å². The van der Waals surface area contributed by atoms with Crippen LogP contribution in [0.4, 0.5) is 11.4 Å². The van der Waals surface area contributed by atoms with Gasteiger partial charge < -0.3 is 20.5 Å². The highest BCUT2D eigenvalue weighted by Gasteiger charge is 2.21. The number of nitrogen functional groups attached to an aromatic ring is 1. The molecule has 2 aromatic rings. The van der Waals surface area contributed by atoms with Gasteiger partial charge in [-0.1, -0.05) is 35.9 Å². The van der Waals surface area contributed by atoms with Crippen molar-refractivity contribution in [2.75, 3.05) is 50.0 Å². The standard InChI is InChI=1S/C19H24ClN3O2/c20-16-5-1-3-7-18(16)23-11-9-22(10-12-23)13-15(24)14-25-19-8-4-2-6-17(19)21/h1-8,15,24H,9-14,21H2. The maximum absolute atomic E-state index is 10.2. The normalized spacial score (nSPS) is 16.6. The molecule has 3 N–H and O–H groups in total. The Balaban J connectivity index is 1.44. The molecule has 6 heteroatoms. The molecule has 1 atom stereocenters. The van der Waals surface area contributed by atoms with Crippen LogP contribution in [0.3, 0.4) is 0 Å². The fourth-order valence-electron chi connectivity index (χ4n) is 3.03. The van der Waals surface area contributed by atoms with Crippen LogP contribution < -0.4 is 15.4 Å². The van der Waals surface area contributed by atoms with Crippen molar-refractivity contribution in [1.82, 2.24) is 4.90 Å². The molecule has 1 aliphatic rings. The lowest BCUT2D eigenvalue weighted by atomic mass is 10.2. The summed E-state index contributed by atoms with van der Waals surface area (Å²) in [7, 11) is 0. The van der Waals surface area contributed by atoms with Crippen LogP contribution in [0.2, 0.25) is 5.02 Å². The lowest BCUT2D eigenvalue weighted by Crippen LogP contribution is -2.49. The molecule has 0 aromatic heterocycles. The Morgan fingerprint density at radius 1 is 1.04 bits per heavy atom. The molecule has 1 aliphatic heterocycles. The summed E-state index contributed by atoms with van der Waals surface area (Å²) in [4.78, 5) is 4.53. The minimum Gasteiger partial charge on any atom is -0.489 e. The first kappa shape index (κ1) is 17.9. The molecule has 3 rings (SSSR count). The van der Waals surface area contributed by atoms with Crippen LogP contribution in [0.5, 0.6) is 5.75 Å². The van der Waals surface area contributed by atoms with Crippen LogP contribution in [-0.2, 0) is 0 Å². The highest BCUT2D eigenvalue weighted by atomic mass is 35.5. The molecule has 1 saturated heterocycles. The minimum atomic E-state index is -0.550. The lowest BCUT2D eigenvalue weighted by molar-refractivity contribution is 0.0666. The lowest BCUT2D eigenvalue weighted by Gasteiger charge is -2.37. The van der Waals surface area contributed by atoms with Crippen molar-refractivity contribution in [2.24, 2.45) is 0 Å². The van der Waals surface area contributed by atoms with E-state index in [1.165, 1.54) is 0 Å². The smallest absolute Gasteiger partial charge is 0.142 e. The number of hydrogen-bond donors (Lipinski definition) is 2. The van der Waals surface area contributed by atoms with Crippen molar-refractivity contribution in [3.8, 4) is 5.75 Å². The van der Waals surface area contributed by atoms with E-state index in [1.54, 1.807) is 6.07 Å². The van der Waals surface area contributed by atoms with E-state index in [4.69, 9.17) is 22.1 Å². The van der Waals surface area contributed by atoms with E-state index in [0.29, 0.717) is 18.0 Å². The summed E-state index contributed by atoms with van der Waals surface area (Å²) in [5.74, 6) is 0.616. The first-order chi connectivity index (χ1) is 12.1. The third-order valence-corrected chi connectivity index (χ3v) is 4.70. The number of anilines is 2. The first-order valence-corrected chi connectivity index (χ1v) is 8.88. The van der Waals surface area contributed by atoms with Crippen LogP contribution >= 0.6 is 11.6 Å². The first-order valence-electron chi connectivity index (χ1n) is 8.50. The molecule has 0 radical (unpaired) electrons. The Kier molecular flexibility index (Phi) is 6.02. The van der Waals surface area contributed by atoms with Gasteiger partial charge in [-0.25, -0.2) is 0 Å². The number of aliphatic hydroxyl groups is 1. The molecule has 1 fully saturated rings. The molecule has 1 unspecified atom stereocenters. The number of aliphatic hydroxyl groups excluding tert-OH is 1. The summed E-state index contributed by atoms with van der Waals surface area (Å²) in [6.07, 6.45) is -0.550. The summed E-state index contributed by atoms with van der Waals surface area (Å²) in [5, 5.41) is 11.0. The quantitative estimate of drug-likeness (QED) is 0.774. The third-order valence-electron chi connectivity index (χ3n) is 4.38. The summed E-state index contributed by atoms with van der Waals surface area (Å²) >= 11 is 6.27. The topological polar surface area (TPSA) is 62.0 Å². The highest BCUT2D eigenvalue weighted by molar-refractivity contribution is 6.33. The molecule has 5 nitrogen and oxygen atoms in total. The van der Waals surface area contributed by atoms with Crippen LogP contribution in [0, 0.1) is 0 Å². The molecule has 0 spiro atoms. The Morgan fingerprint density at radius 3 is 2.44 bits per heavy atom. The molecule has 1 heterocycles. The van der Waals surface area contributed by atoms with Crippen molar-refractivity contribution >= 4 is 23.0 Å². The molecule has 0 amide bonds. The van der Waals surface area contributed by atoms with Gasteiger partial charge in [0.25, 0.3) is 0 Å². The van der Waals surface area contributed by atoms with Crippen molar-refractivity contribution in [3.63, 3.8) is 0 Å². The molecule has 134 valence electrons. The second-order valence-corrected chi connectivity index (χ2v) is 6.65. The summed E-state index contributed by atoms with van der Waals surface area (Å²) in [6.45, 7) is 4.37. The zero-order valence-corrected chi connectivity index (χ0v) is 14.9. The van der Waals surface area contributed by atoms with Gasteiger partial charge in [-0.3, -0.25) is 4.90 Å². The van der Waals surface area contributed by atoms with Gasteiger partial charge in [0.1, 0.15) is 18.5 Å². The molecule has 0 saturated carbocycles. The van der Waals surface area contributed by atoms with E-state index in [0.717, 1.165) is 36.9 Å². The fraction of sp³-hybridized carbons (Fsp3) is 0.368. The minimum absolute atomic E-state index is 0.235. The van der Waals surface area contributed by atoms with E-state index < -0.39 is 6.10 Å². The van der Waals surface area contributed by atoms with E-state index in [1.807, 2.05) is 42.5 Å². The van der Waals surface area contributed by atoms with Gasteiger partial charge in [-0.2, -0.15) is 0 Å². The van der Waals surface area contributed by atoms with Crippen molar-refractivity contribution in [1.29, 1.82) is 0 Å². The number of β-amino-alcohol motifs (C(OH)–C–C–N with tert-alkyl or cyclic N) is 1. The van der Waals surface area contributed by atoms with E-state index in [2.05, 4.69) is 9.80 Å². The monoisotopic (exact) mass is 361 g/mol. The number of piperazine rings is 1. The van der Waals surface area contributed by atoms with Gasteiger partial charge in [0.15, 0.2) is 0 Å². The molecular weight excluding hydrogens is 338 g/mol. The number of benzene rings is 2. The van der Waals surface area contributed by atoms with Gasteiger partial charge in [0.05, 0.1) is 16.4 Å². The second-order valence-electron chi connectivity index (χ2n) is 6.24. The van der Waals surface area contributed by atoms with Crippen LogP contribution in [0.15, 0.2) is 48.5 Å². The summed E-state index contributed by atoms with van der Waals surface area (Å²) in [5.41, 5.74) is 7.50. The SMILES string of the molecule is Nc1ccccc1OCC(O)CN1CCN(c2ccccc2Cl)CC1. The zero-order valence-electron chi connectivity index (χ0n) is 14.1. The number of rotatable bonds is 6. The average molecular weight is 362 g/mol. The Bertz CT molecular complexity index is 690. The van der Waals surface area contributed by atoms with Gasteiger partial charge >= 0.3 is 0 Å².